The van der Waals surface area contributed by atoms with Gasteiger partial charge >= 0.3 is 0 Å². The van der Waals surface area contributed by atoms with Gasteiger partial charge < -0.3 is 14.8 Å². The molecule has 0 radical (unpaired) electrons. The minimum absolute atomic E-state index is 0.225. The maximum Gasteiger partial charge on any atom is 0.176 e. The first-order valence-electron chi connectivity index (χ1n) is 5.86. The number of nitrogens with one attached hydrogen (secondary N) is 1. The number of methoxy groups -OCH3 is 1. The van der Waals surface area contributed by atoms with Gasteiger partial charge in [-0.05, 0) is 46.6 Å². The average molecular weight is 312 g/mol. The van der Waals surface area contributed by atoms with Crippen LogP contribution in [0.2, 0.25) is 0 Å². The Balaban J connectivity index is 2.85. The predicted molar refractivity (Wildman–Crippen MR) is 77.0 cm³/mol. The summed E-state index contributed by atoms with van der Waals surface area (Å²) >= 11 is 3.48. The first kappa shape index (κ1) is 14.9. The van der Waals surface area contributed by atoms with Gasteiger partial charge in [-0.1, -0.05) is 12.8 Å². The fraction of sp³-hybridized carbons (Fsp3) is 0.429. The van der Waals surface area contributed by atoms with Gasteiger partial charge in [0.2, 0.25) is 0 Å². The summed E-state index contributed by atoms with van der Waals surface area (Å²) in [6, 6.07) is 3.97. The molecule has 0 spiro atoms. The second-order valence-corrected chi connectivity index (χ2v) is 4.63. The molecular weight excluding hydrogens is 294 g/mol. The van der Waals surface area contributed by atoms with Gasteiger partial charge in [0.05, 0.1) is 11.6 Å². The highest BCUT2D eigenvalue weighted by molar-refractivity contribution is 9.10. The normalized spacial score (nSPS) is 9.89. The summed E-state index contributed by atoms with van der Waals surface area (Å²) in [6.07, 6.45) is 6.30. The molecular formula is C14H18BrNO2. The average Bonchev–Trinajstić information content (AvgIpc) is 2.37. The molecule has 0 aromatic heterocycles. The lowest BCUT2D eigenvalue weighted by molar-refractivity contribution is 0.328. The SMILES string of the molecule is C#CCOc1c(Br)cc(CNCCC)cc1OC. The standard InChI is InChI=1S/C14H18BrNO2/c1-4-6-16-10-11-8-12(15)14(18-7-5-2)13(9-11)17-3/h2,8-9,16H,4,6-7,10H2,1,3H3. The van der Waals surface area contributed by atoms with Gasteiger partial charge in [-0.15, -0.1) is 6.42 Å². The molecule has 0 unspecified atom stereocenters. The van der Waals surface area contributed by atoms with Gasteiger partial charge in [-0.2, -0.15) is 0 Å². The summed E-state index contributed by atoms with van der Waals surface area (Å²) in [6.45, 7) is 4.16. The van der Waals surface area contributed by atoms with E-state index in [4.69, 9.17) is 15.9 Å². The van der Waals surface area contributed by atoms with Crippen LogP contribution in [0.3, 0.4) is 0 Å². The van der Waals surface area contributed by atoms with Crippen LogP contribution in [0.4, 0.5) is 0 Å². The molecule has 0 heterocycles. The van der Waals surface area contributed by atoms with Gasteiger partial charge in [0.15, 0.2) is 11.5 Å². The van der Waals surface area contributed by atoms with E-state index in [1.165, 1.54) is 0 Å². The van der Waals surface area contributed by atoms with E-state index in [1.54, 1.807) is 7.11 Å². The van der Waals surface area contributed by atoms with E-state index in [0.29, 0.717) is 11.5 Å². The molecule has 98 valence electrons. The smallest absolute Gasteiger partial charge is 0.176 e. The van der Waals surface area contributed by atoms with Crippen molar-refractivity contribution in [3.05, 3.63) is 22.2 Å². The highest BCUT2D eigenvalue weighted by atomic mass is 79.9. The largest absolute Gasteiger partial charge is 0.493 e. The van der Waals surface area contributed by atoms with Crippen LogP contribution in [0.25, 0.3) is 0 Å². The Kier molecular flexibility index (Phi) is 6.63. The Hall–Kier alpha value is -1.18. The van der Waals surface area contributed by atoms with Crippen molar-refractivity contribution in [2.45, 2.75) is 19.9 Å². The molecule has 0 aliphatic heterocycles. The molecule has 0 aliphatic carbocycles. The zero-order valence-electron chi connectivity index (χ0n) is 10.8. The van der Waals surface area contributed by atoms with Crippen LogP contribution in [0.5, 0.6) is 11.5 Å². The molecule has 0 aliphatic rings. The zero-order valence-corrected chi connectivity index (χ0v) is 12.3. The third-order valence-corrected chi connectivity index (χ3v) is 2.93. The summed E-state index contributed by atoms with van der Waals surface area (Å²) in [5.74, 6) is 3.78. The third kappa shape index (κ3) is 4.25. The molecule has 1 aromatic rings. The second kappa shape index (κ2) is 8.02. The topological polar surface area (TPSA) is 30.5 Å². The molecule has 18 heavy (non-hydrogen) atoms. The fourth-order valence-electron chi connectivity index (χ4n) is 1.54. The van der Waals surface area contributed by atoms with Crippen molar-refractivity contribution in [2.24, 2.45) is 0 Å². The monoisotopic (exact) mass is 311 g/mol. The summed E-state index contributed by atoms with van der Waals surface area (Å²) in [5.41, 5.74) is 1.14. The third-order valence-electron chi connectivity index (χ3n) is 2.34. The van der Waals surface area contributed by atoms with Crippen molar-refractivity contribution in [2.75, 3.05) is 20.3 Å². The van der Waals surface area contributed by atoms with Crippen molar-refractivity contribution in [1.29, 1.82) is 0 Å². The Bertz CT molecular complexity index is 427. The van der Waals surface area contributed by atoms with E-state index in [0.717, 1.165) is 29.5 Å². The van der Waals surface area contributed by atoms with Crippen LogP contribution in [-0.2, 0) is 6.54 Å². The zero-order chi connectivity index (χ0) is 13.4. The molecule has 0 saturated heterocycles. The first-order chi connectivity index (χ1) is 8.72. The number of halogens is 1. The van der Waals surface area contributed by atoms with Crippen molar-refractivity contribution in [1.82, 2.24) is 5.32 Å². The van der Waals surface area contributed by atoms with Gasteiger partial charge in [0, 0.05) is 6.54 Å². The summed E-state index contributed by atoms with van der Waals surface area (Å²) in [4.78, 5) is 0. The van der Waals surface area contributed by atoms with Crippen LogP contribution >= 0.6 is 15.9 Å². The van der Waals surface area contributed by atoms with Gasteiger partial charge in [-0.25, -0.2) is 0 Å². The van der Waals surface area contributed by atoms with Crippen molar-refractivity contribution >= 4 is 15.9 Å². The molecule has 0 saturated carbocycles. The van der Waals surface area contributed by atoms with E-state index < -0.39 is 0 Å². The van der Waals surface area contributed by atoms with E-state index >= 15 is 0 Å². The molecule has 1 rings (SSSR count). The Morgan fingerprint density at radius 1 is 1.44 bits per heavy atom. The minimum Gasteiger partial charge on any atom is -0.493 e. The van der Waals surface area contributed by atoms with E-state index in [9.17, 15) is 0 Å². The van der Waals surface area contributed by atoms with Crippen molar-refractivity contribution in [3.8, 4) is 23.8 Å². The molecule has 4 heteroatoms. The molecule has 0 amide bonds. The lowest BCUT2D eigenvalue weighted by Gasteiger charge is -2.13. The second-order valence-electron chi connectivity index (χ2n) is 3.78. The summed E-state index contributed by atoms with van der Waals surface area (Å²) < 4.78 is 11.6. The van der Waals surface area contributed by atoms with Crippen LogP contribution in [0.15, 0.2) is 16.6 Å². The highest BCUT2D eigenvalue weighted by Gasteiger charge is 2.11. The molecule has 1 N–H and O–H groups in total. The Labute approximate surface area is 117 Å². The maximum absolute atomic E-state index is 5.46. The molecule has 0 fully saturated rings. The number of ether oxygens (including phenoxy) is 2. The first-order valence-corrected chi connectivity index (χ1v) is 6.65. The van der Waals surface area contributed by atoms with Crippen LogP contribution in [0.1, 0.15) is 18.9 Å². The Morgan fingerprint density at radius 2 is 2.22 bits per heavy atom. The Morgan fingerprint density at radius 3 is 2.83 bits per heavy atom. The number of benzene rings is 1. The van der Waals surface area contributed by atoms with E-state index in [1.807, 2.05) is 12.1 Å². The molecule has 0 bridgehead atoms. The molecule has 0 atom stereocenters. The van der Waals surface area contributed by atoms with Crippen LogP contribution in [0, 0.1) is 12.3 Å². The van der Waals surface area contributed by atoms with Crippen molar-refractivity contribution in [3.63, 3.8) is 0 Å². The number of terminal acetylenes is 1. The summed E-state index contributed by atoms with van der Waals surface area (Å²) in [5, 5.41) is 3.34. The van der Waals surface area contributed by atoms with E-state index in [-0.39, 0.29) is 6.61 Å². The van der Waals surface area contributed by atoms with Crippen LogP contribution in [-0.4, -0.2) is 20.3 Å². The fourth-order valence-corrected chi connectivity index (χ4v) is 2.14. The van der Waals surface area contributed by atoms with Crippen molar-refractivity contribution < 1.29 is 9.47 Å². The van der Waals surface area contributed by atoms with Crippen LogP contribution < -0.4 is 14.8 Å². The lowest BCUT2D eigenvalue weighted by atomic mass is 10.2. The van der Waals surface area contributed by atoms with E-state index in [2.05, 4.69) is 34.1 Å². The molecule has 1 aromatic carbocycles. The van der Waals surface area contributed by atoms with Gasteiger partial charge in [0.25, 0.3) is 0 Å². The van der Waals surface area contributed by atoms with Gasteiger partial charge in [-0.3, -0.25) is 0 Å². The number of rotatable bonds is 7. The predicted octanol–water partition coefficient (Wildman–Crippen LogP) is 2.97. The number of hydrogen-bond donors (Lipinski definition) is 1. The minimum atomic E-state index is 0.225. The number of hydrogen-bond acceptors (Lipinski definition) is 3. The summed E-state index contributed by atoms with van der Waals surface area (Å²) in [7, 11) is 1.62. The molecule has 3 nitrogen and oxygen atoms in total. The van der Waals surface area contributed by atoms with Gasteiger partial charge in [0.1, 0.15) is 6.61 Å². The highest BCUT2D eigenvalue weighted by Crippen LogP contribution is 2.36. The quantitative estimate of drug-likeness (QED) is 0.620. The maximum atomic E-state index is 5.46. The lowest BCUT2D eigenvalue weighted by Crippen LogP contribution is -2.14.